The molecule has 0 spiro atoms. The zero-order chi connectivity index (χ0) is 29.6. The number of amides is 1. The Bertz CT molecular complexity index is 1490. The van der Waals surface area contributed by atoms with Gasteiger partial charge >= 0.3 is 5.97 Å². The molecule has 2 atom stereocenters. The van der Waals surface area contributed by atoms with Gasteiger partial charge in [-0.05, 0) is 87.1 Å². The number of phenols is 1. The van der Waals surface area contributed by atoms with Gasteiger partial charge in [-0.1, -0.05) is 32.0 Å². The van der Waals surface area contributed by atoms with E-state index in [1.165, 1.54) is 5.01 Å². The number of ether oxygens (including phenoxy) is 1. The highest BCUT2D eigenvalue weighted by Crippen LogP contribution is 2.36. The largest absolute Gasteiger partial charge is 0.508 e. The standard InChI is InChI=1S/C32H42N6O4/c1-32(2)18-38-28-17-22(6-7-25(28)29(35-38)21-8-11-36(3)12-9-21)23-13-20(14-24(39)16-23)15-26(33)30(40)37-10-4-5-27(34-37)31(41)42-19-32/h6-7,13-14,16-17,21,26-27,34,39H,4-5,8-12,15,18-19,33H2,1-3H3/t26-,27-/m0/s1. The number of fused-ring (bicyclic) bond motifs is 6. The van der Waals surface area contributed by atoms with Gasteiger partial charge in [-0.2, -0.15) is 5.10 Å². The third-order valence-electron chi connectivity index (χ3n) is 8.89. The van der Waals surface area contributed by atoms with Crippen molar-refractivity contribution in [3.05, 3.63) is 47.7 Å². The highest BCUT2D eigenvalue weighted by atomic mass is 16.5. The number of nitrogens with one attached hydrogen (secondary N) is 1. The highest BCUT2D eigenvalue weighted by Gasteiger charge is 2.33. The quantitative estimate of drug-likeness (QED) is 0.379. The summed E-state index contributed by atoms with van der Waals surface area (Å²) in [6, 6.07) is 10.3. The highest BCUT2D eigenvalue weighted by molar-refractivity contribution is 5.88. The van der Waals surface area contributed by atoms with Gasteiger partial charge in [-0.3, -0.25) is 19.3 Å². The van der Waals surface area contributed by atoms with Crippen LogP contribution >= 0.6 is 0 Å². The minimum atomic E-state index is -0.833. The summed E-state index contributed by atoms with van der Waals surface area (Å²) in [6.45, 7) is 7.50. The number of aromatic hydroxyl groups is 1. The van der Waals surface area contributed by atoms with Crippen molar-refractivity contribution in [2.45, 2.75) is 70.5 Å². The van der Waals surface area contributed by atoms with Gasteiger partial charge in [0.05, 0.1) is 23.9 Å². The summed E-state index contributed by atoms with van der Waals surface area (Å²) in [6.07, 6.45) is 3.63. The number of cyclic esters (lactones) is 1. The number of rotatable bonds is 1. The number of nitrogens with zero attached hydrogens (tertiary/aromatic N) is 4. The van der Waals surface area contributed by atoms with Crippen molar-refractivity contribution in [1.29, 1.82) is 0 Å². The van der Waals surface area contributed by atoms with E-state index in [9.17, 15) is 14.7 Å². The fourth-order valence-corrected chi connectivity index (χ4v) is 6.52. The van der Waals surface area contributed by atoms with E-state index in [1.807, 2.05) is 6.07 Å². The van der Waals surface area contributed by atoms with Crippen LogP contribution in [0.5, 0.6) is 5.75 Å². The van der Waals surface area contributed by atoms with Crippen LogP contribution in [0.3, 0.4) is 0 Å². The minimum Gasteiger partial charge on any atom is -0.508 e. The Balaban J connectivity index is 1.43. The molecule has 0 saturated carbocycles. The predicted molar refractivity (Wildman–Crippen MR) is 161 cm³/mol. The second-order valence-electron chi connectivity index (χ2n) is 13.1. The molecule has 2 saturated heterocycles. The molecular weight excluding hydrogens is 532 g/mol. The lowest BCUT2D eigenvalue weighted by Crippen LogP contribution is -2.59. The van der Waals surface area contributed by atoms with Gasteiger partial charge < -0.3 is 20.5 Å². The smallest absolute Gasteiger partial charge is 0.324 e. The number of nitrogens with two attached hydrogens (primary N) is 1. The third kappa shape index (κ3) is 5.88. The Morgan fingerprint density at radius 2 is 1.83 bits per heavy atom. The lowest BCUT2D eigenvalue weighted by atomic mass is 9.91. The summed E-state index contributed by atoms with van der Waals surface area (Å²) in [5.41, 5.74) is 13.7. The summed E-state index contributed by atoms with van der Waals surface area (Å²) >= 11 is 0. The average molecular weight is 575 g/mol. The topological polar surface area (TPSA) is 126 Å². The van der Waals surface area contributed by atoms with E-state index < -0.39 is 17.5 Å². The number of piperidine rings is 1. The van der Waals surface area contributed by atoms with Gasteiger partial charge in [0, 0.05) is 29.8 Å². The molecule has 3 aliphatic rings. The molecule has 2 aromatic carbocycles. The maximum Gasteiger partial charge on any atom is 0.324 e. The molecule has 3 aliphatic heterocycles. The molecule has 4 heterocycles. The number of esters is 1. The molecule has 42 heavy (non-hydrogen) atoms. The number of hydrazine groups is 1. The first-order valence-corrected chi connectivity index (χ1v) is 15.1. The number of likely N-dealkylation sites (tertiary alicyclic amines) is 1. The van der Waals surface area contributed by atoms with Crippen molar-refractivity contribution < 1.29 is 19.4 Å². The van der Waals surface area contributed by atoms with Gasteiger partial charge in [0.25, 0.3) is 5.91 Å². The molecule has 0 radical (unpaired) electrons. The van der Waals surface area contributed by atoms with Crippen LogP contribution in [-0.2, 0) is 27.3 Å². The molecular formula is C32H42N6O4. The van der Waals surface area contributed by atoms with Gasteiger partial charge in [0.1, 0.15) is 11.8 Å². The predicted octanol–water partition coefficient (Wildman–Crippen LogP) is 3.17. The zero-order valence-electron chi connectivity index (χ0n) is 24.8. The van der Waals surface area contributed by atoms with E-state index in [4.69, 9.17) is 15.6 Å². The SMILES string of the molecule is CN1CCC(c2nn3c4cc(ccc24)-c2cc(O)cc(c2)C[C@H](N)C(=O)N2CCC[C@H](N2)C(=O)OCC(C)(C)C3)CC1. The maximum absolute atomic E-state index is 13.2. The van der Waals surface area contributed by atoms with Gasteiger partial charge in [-0.15, -0.1) is 0 Å². The van der Waals surface area contributed by atoms with Crippen LogP contribution in [0.1, 0.15) is 56.7 Å². The fraction of sp³-hybridized carbons (Fsp3) is 0.531. The van der Waals surface area contributed by atoms with E-state index in [2.05, 4.69) is 54.1 Å². The number of hydrogen-bond acceptors (Lipinski definition) is 8. The molecule has 1 amide bonds. The lowest BCUT2D eigenvalue weighted by Gasteiger charge is -2.34. The van der Waals surface area contributed by atoms with E-state index in [0.717, 1.165) is 59.2 Å². The van der Waals surface area contributed by atoms with Crippen LogP contribution in [0.4, 0.5) is 0 Å². The van der Waals surface area contributed by atoms with E-state index in [1.54, 1.807) is 12.1 Å². The molecule has 2 fully saturated rings. The molecule has 1 aromatic heterocycles. The summed E-state index contributed by atoms with van der Waals surface area (Å²) in [4.78, 5) is 28.7. The number of carbonyl (C=O) groups is 2. The van der Waals surface area contributed by atoms with Crippen LogP contribution < -0.4 is 11.2 Å². The van der Waals surface area contributed by atoms with Crippen LogP contribution in [0.15, 0.2) is 36.4 Å². The van der Waals surface area contributed by atoms with Crippen LogP contribution in [0.25, 0.3) is 22.0 Å². The molecule has 6 bridgehead atoms. The fourth-order valence-electron chi connectivity index (χ4n) is 6.52. The first kappa shape index (κ1) is 28.6. The molecule has 224 valence electrons. The van der Waals surface area contributed by atoms with Crippen LogP contribution in [0, 0.1) is 5.41 Å². The third-order valence-corrected chi connectivity index (χ3v) is 8.89. The van der Waals surface area contributed by atoms with Crippen molar-refractivity contribution in [2.75, 3.05) is 33.3 Å². The number of hydrogen-bond donors (Lipinski definition) is 3. The van der Waals surface area contributed by atoms with Crippen molar-refractivity contribution >= 4 is 22.8 Å². The van der Waals surface area contributed by atoms with Crippen molar-refractivity contribution in [3.63, 3.8) is 0 Å². The van der Waals surface area contributed by atoms with Crippen LogP contribution in [-0.4, -0.2) is 82.0 Å². The van der Waals surface area contributed by atoms with Gasteiger partial charge in [-0.25, -0.2) is 5.43 Å². The van der Waals surface area contributed by atoms with Crippen LogP contribution in [0.2, 0.25) is 0 Å². The van der Waals surface area contributed by atoms with Crippen molar-refractivity contribution in [1.82, 2.24) is 25.1 Å². The van der Waals surface area contributed by atoms with E-state index in [0.29, 0.717) is 31.8 Å². The molecule has 4 N–H and O–H groups in total. The molecule has 10 heteroatoms. The summed E-state index contributed by atoms with van der Waals surface area (Å²) in [5, 5.41) is 18.4. The normalized spacial score (nSPS) is 24.4. The first-order valence-electron chi connectivity index (χ1n) is 15.1. The van der Waals surface area contributed by atoms with Gasteiger partial charge in [0.15, 0.2) is 0 Å². The Hall–Kier alpha value is -3.47. The summed E-state index contributed by atoms with van der Waals surface area (Å²) in [7, 11) is 2.16. The Morgan fingerprint density at radius 1 is 1.05 bits per heavy atom. The Labute approximate surface area is 246 Å². The van der Waals surface area contributed by atoms with Gasteiger partial charge in [0.2, 0.25) is 0 Å². The Morgan fingerprint density at radius 3 is 2.62 bits per heavy atom. The molecule has 10 nitrogen and oxygen atoms in total. The zero-order valence-corrected chi connectivity index (χ0v) is 24.8. The van der Waals surface area contributed by atoms with Crippen molar-refractivity contribution in [2.24, 2.45) is 11.1 Å². The summed E-state index contributed by atoms with van der Waals surface area (Å²) < 4.78 is 7.91. The second kappa shape index (κ2) is 11.3. The number of phenolic OH excluding ortho intramolecular Hbond substituents is 1. The van der Waals surface area contributed by atoms with E-state index >= 15 is 0 Å². The second-order valence-corrected chi connectivity index (χ2v) is 13.1. The number of aromatic nitrogens is 2. The first-order chi connectivity index (χ1) is 20.1. The average Bonchev–Trinajstić information content (AvgIpc) is 3.32. The monoisotopic (exact) mass is 574 g/mol. The lowest BCUT2D eigenvalue weighted by molar-refractivity contribution is -0.155. The maximum atomic E-state index is 13.2. The molecule has 0 aliphatic carbocycles. The molecule has 6 rings (SSSR count). The Kier molecular flexibility index (Phi) is 7.72. The summed E-state index contributed by atoms with van der Waals surface area (Å²) in [5.74, 6) is -0.152. The van der Waals surface area contributed by atoms with E-state index in [-0.39, 0.29) is 30.7 Å². The number of benzene rings is 2. The molecule has 0 unspecified atom stereocenters. The van der Waals surface area contributed by atoms with Crippen molar-refractivity contribution in [3.8, 4) is 16.9 Å². The number of carbonyl (C=O) groups excluding carboxylic acids is 2. The minimum absolute atomic E-state index is 0.122. The molecule has 3 aromatic rings.